The third-order valence-corrected chi connectivity index (χ3v) is 5.03. The van der Waals surface area contributed by atoms with Crippen LogP contribution in [0, 0.1) is 5.92 Å². The summed E-state index contributed by atoms with van der Waals surface area (Å²) >= 11 is 1.82. The summed E-state index contributed by atoms with van der Waals surface area (Å²) < 4.78 is 0. The van der Waals surface area contributed by atoms with Crippen LogP contribution in [-0.2, 0) is 12.8 Å². The molecule has 0 radical (unpaired) electrons. The molecule has 0 spiro atoms. The molecule has 1 N–H and O–H groups in total. The van der Waals surface area contributed by atoms with Gasteiger partial charge in [-0.3, -0.25) is 4.99 Å². The molecular formula is C16H29IN4S. The zero-order valence-electron chi connectivity index (χ0n) is 14.0. The number of guanidine groups is 1. The Balaban J connectivity index is 0.00000242. The Morgan fingerprint density at radius 2 is 2.32 bits per heavy atom. The monoisotopic (exact) mass is 436 g/mol. The largest absolute Gasteiger partial charge is 0.357 e. The van der Waals surface area contributed by atoms with Gasteiger partial charge in [0.1, 0.15) is 0 Å². The van der Waals surface area contributed by atoms with Crippen molar-refractivity contribution in [3.8, 4) is 0 Å². The average Bonchev–Trinajstić information content (AvgIpc) is 2.94. The van der Waals surface area contributed by atoms with Gasteiger partial charge in [0.15, 0.2) is 5.96 Å². The SMILES string of the molecule is CCNC(=NCCc1ncc(CC)s1)N1CCCC(C)C1.I. The molecule has 0 saturated carbocycles. The topological polar surface area (TPSA) is 40.5 Å². The maximum atomic E-state index is 4.80. The van der Waals surface area contributed by atoms with E-state index >= 15 is 0 Å². The molecule has 4 nitrogen and oxygen atoms in total. The maximum absolute atomic E-state index is 4.80. The van der Waals surface area contributed by atoms with E-state index in [9.17, 15) is 0 Å². The van der Waals surface area contributed by atoms with Crippen molar-refractivity contribution in [2.24, 2.45) is 10.9 Å². The Bertz CT molecular complexity index is 461. The third kappa shape index (κ3) is 6.02. The summed E-state index contributed by atoms with van der Waals surface area (Å²) in [5.74, 6) is 1.85. The van der Waals surface area contributed by atoms with Crippen LogP contribution >= 0.6 is 35.3 Å². The van der Waals surface area contributed by atoms with E-state index in [1.165, 1.54) is 22.7 Å². The molecule has 0 amide bonds. The number of aryl methyl sites for hydroxylation is 1. The molecule has 2 rings (SSSR count). The van der Waals surface area contributed by atoms with Gasteiger partial charge in [-0.1, -0.05) is 13.8 Å². The summed E-state index contributed by atoms with van der Waals surface area (Å²) in [4.78, 5) is 13.0. The molecule has 1 aliphatic rings. The van der Waals surface area contributed by atoms with Crippen molar-refractivity contribution in [3.05, 3.63) is 16.1 Å². The van der Waals surface area contributed by atoms with Crippen LogP contribution in [0.5, 0.6) is 0 Å². The van der Waals surface area contributed by atoms with E-state index in [4.69, 9.17) is 4.99 Å². The fourth-order valence-corrected chi connectivity index (χ4v) is 3.54. The molecule has 1 aliphatic heterocycles. The maximum Gasteiger partial charge on any atom is 0.193 e. The smallest absolute Gasteiger partial charge is 0.193 e. The molecule has 0 bridgehead atoms. The molecule has 1 fully saturated rings. The molecule has 6 heteroatoms. The summed E-state index contributed by atoms with van der Waals surface area (Å²) in [6.07, 6.45) is 6.65. The minimum atomic E-state index is 0. The van der Waals surface area contributed by atoms with Crippen molar-refractivity contribution < 1.29 is 0 Å². The van der Waals surface area contributed by atoms with Crippen LogP contribution in [0.25, 0.3) is 0 Å². The van der Waals surface area contributed by atoms with E-state index < -0.39 is 0 Å². The van der Waals surface area contributed by atoms with Crippen LogP contribution in [0.2, 0.25) is 0 Å². The predicted octanol–water partition coefficient (Wildman–Crippen LogP) is 3.56. The number of thiazole rings is 1. The van der Waals surface area contributed by atoms with Crippen LogP contribution < -0.4 is 5.32 Å². The van der Waals surface area contributed by atoms with Crippen molar-refractivity contribution in [2.45, 2.75) is 46.5 Å². The Labute approximate surface area is 155 Å². The number of halogens is 1. The highest BCUT2D eigenvalue weighted by molar-refractivity contribution is 14.0. The van der Waals surface area contributed by atoms with Gasteiger partial charge in [-0.15, -0.1) is 35.3 Å². The molecule has 0 aromatic carbocycles. The lowest BCUT2D eigenvalue weighted by molar-refractivity contribution is 0.266. The molecule has 1 unspecified atom stereocenters. The van der Waals surface area contributed by atoms with E-state index in [0.717, 1.165) is 50.9 Å². The molecule has 0 aliphatic carbocycles. The second-order valence-corrected chi connectivity index (χ2v) is 6.95. The van der Waals surface area contributed by atoms with Crippen molar-refractivity contribution in [1.29, 1.82) is 0 Å². The second-order valence-electron chi connectivity index (χ2n) is 5.75. The van der Waals surface area contributed by atoms with Crippen molar-refractivity contribution in [2.75, 3.05) is 26.2 Å². The zero-order chi connectivity index (χ0) is 15.1. The number of nitrogens with one attached hydrogen (secondary N) is 1. The summed E-state index contributed by atoms with van der Waals surface area (Å²) in [6, 6.07) is 0. The first kappa shape index (κ1) is 19.7. The third-order valence-electron chi connectivity index (χ3n) is 3.83. The van der Waals surface area contributed by atoms with Crippen LogP contribution in [0.3, 0.4) is 0 Å². The number of piperidine rings is 1. The number of likely N-dealkylation sites (tertiary alicyclic amines) is 1. The van der Waals surface area contributed by atoms with Gasteiger partial charge >= 0.3 is 0 Å². The Morgan fingerprint density at radius 3 is 2.95 bits per heavy atom. The first-order valence-corrected chi connectivity index (χ1v) is 9.01. The van der Waals surface area contributed by atoms with Gasteiger partial charge in [0.05, 0.1) is 5.01 Å². The number of hydrogen-bond acceptors (Lipinski definition) is 3. The van der Waals surface area contributed by atoms with Crippen molar-refractivity contribution >= 4 is 41.3 Å². The predicted molar refractivity (Wildman–Crippen MR) is 107 cm³/mol. The number of nitrogens with zero attached hydrogens (tertiary/aromatic N) is 3. The second kappa shape index (κ2) is 10.4. The number of aromatic nitrogens is 1. The summed E-state index contributed by atoms with van der Waals surface area (Å²) in [5, 5.41) is 4.64. The van der Waals surface area contributed by atoms with Gasteiger partial charge in [0.25, 0.3) is 0 Å². The Hall–Kier alpha value is -0.370. The molecule has 1 atom stereocenters. The molecule has 22 heavy (non-hydrogen) atoms. The fourth-order valence-electron chi connectivity index (χ4n) is 2.69. The van der Waals surface area contributed by atoms with Gasteiger partial charge in [-0.2, -0.15) is 0 Å². The normalized spacial score (nSPS) is 19.0. The molecule has 2 heterocycles. The van der Waals surface area contributed by atoms with E-state index in [1.54, 1.807) is 0 Å². The molecule has 1 aromatic rings. The molecular weight excluding hydrogens is 407 g/mol. The summed E-state index contributed by atoms with van der Waals surface area (Å²) in [6.45, 7) is 10.7. The van der Waals surface area contributed by atoms with Gasteiger partial charge in [-0.05, 0) is 32.1 Å². The van der Waals surface area contributed by atoms with Crippen LogP contribution in [0.4, 0.5) is 0 Å². The Kier molecular flexibility index (Phi) is 9.31. The van der Waals surface area contributed by atoms with E-state index in [2.05, 4.69) is 36.0 Å². The molecule has 1 aromatic heterocycles. The highest BCUT2D eigenvalue weighted by Gasteiger charge is 2.18. The first-order chi connectivity index (χ1) is 10.2. The van der Waals surface area contributed by atoms with Gasteiger partial charge in [0.2, 0.25) is 0 Å². The summed E-state index contributed by atoms with van der Waals surface area (Å²) in [5.41, 5.74) is 0. The average molecular weight is 436 g/mol. The van der Waals surface area contributed by atoms with Crippen LogP contribution in [0.1, 0.15) is 43.5 Å². The van der Waals surface area contributed by atoms with E-state index in [1.807, 2.05) is 17.5 Å². The van der Waals surface area contributed by atoms with Gasteiger partial charge in [-0.25, -0.2) is 4.98 Å². The summed E-state index contributed by atoms with van der Waals surface area (Å²) in [7, 11) is 0. The minimum absolute atomic E-state index is 0. The lowest BCUT2D eigenvalue weighted by Crippen LogP contribution is -2.46. The number of rotatable bonds is 5. The zero-order valence-corrected chi connectivity index (χ0v) is 17.1. The van der Waals surface area contributed by atoms with Gasteiger partial charge < -0.3 is 10.2 Å². The van der Waals surface area contributed by atoms with Crippen molar-refractivity contribution in [3.63, 3.8) is 0 Å². The van der Waals surface area contributed by atoms with Crippen molar-refractivity contribution in [1.82, 2.24) is 15.2 Å². The molecule has 126 valence electrons. The number of aliphatic imine (C=N–C) groups is 1. The standard InChI is InChI=1S/C16H28N4S.HI/c1-4-14-11-19-15(21-14)8-9-18-16(17-5-2)20-10-6-7-13(3)12-20;/h11,13H,4-10,12H2,1-3H3,(H,17,18);1H. The lowest BCUT2D eigenvalue weighted by atomic mass is 10.0. The lowest BCUT2D eigenvalue weighted by Gasteiger charge is -2.33. The first-order valence-electron chi connectivity index (χ1n) is 8.19. The van der Waals surface area contributed by atoms with Crippen LogP contribution in [-0.4, -0.2) is 42.0 Å². The number of hydrogen-bond donors (Lipinski definition) is 1. The minimum Gasteiger partial charge on any atom is -0.357 e. The van der Waals surface area contributed by atoms with E-state index in [-0.39, 0.29) is 24.0 Å². The highest BCUT2D eigenvalue weighted by atomic mass is 127. The molecule has 1 saturated heterocycles. The van der Waals surface area contributed by atoms with Gasteiger partial charge in [0, 0.05) is 43.7 Å². The Morgan fingerprint density at radius 1 is 1.50 bits per heavy atom. The van der Waals surface area contributed by atoms with Crippen LogP contribution in [0.15, 0.2) is 11.2 Å². The highest BCUT2D eigenvalue weighted by Crippen LogP contribution is 2.16. The fraction of sp³-hybridized carbons (Fsp3) is 0.750. The quantitative estimate of drug-likeness (QED) is 0.436. The van der Waals surface area contributed by atoms with E-state index in [0.29, 0.717) is 0 Å².